The van der Waals surface area contributed by atoms with Crippen LogP contribution in [0.25, 0.3) is 0 Å². The van der Waals surface area contributed by atoms with Gasteiger partial charge in [-0.2, -0.15) is 0 Å². The van der Waals surface area contributed by atoms with E-state index in [1.807, 2.05) is 13.8 Å². The first-order valence-corrected chi connectivity index (χ1v) is 7.54. The van der Waals surface area contributed by atoms with Crippen LogP contribution >= 0.6 is 12.4 Å². The molecule has 3 N–H and O–H groups in total. The number of hydrogen-bond acceptors (Lipinski definition) is 3. The minimum Gasteiger partial charge on any atom is -0.487 e. The molecule has 1 fully saturated rings. The van der Waals surface area contributed by atoms with Crippen molar-refractivity contribution < 1.29 is 13.9 Å². The van der Waals surface area contributed by atoms with Gasteiger partial charge in [0.25, 0.3) is 0 Å². The topological polar surface area (TPSA) is 64.4 Å². The third-order valence-electron chi connectivity index (χ3n) is 4.11. The Morgan fingerprint density at radius 1 is 1.50 bits per heavy atom. The molecule has 0 aromatic heterocycles. The van der Waals surface area contributed by atoms with Crippen molar-refractivity contribution in [3.05, 3.63) is 24.0 Å². The molecule has 4 nitrogen and oxygen atoms in total. The maximum absolute atomic E-state index is 13.9. The molecule has 0 aliphatic heterocycles. The number of halogens is 2. The molecule has 1 saturated carbocycles. The second-order valence-electron chi connectivity index (χ2n) is 5.72. The Hall–Kier alpha value is -1.33. The lowest BCUT2D eigenvalue weighted by molar-refractivity contribution is -0.118. The molecule has 0 bridgehead atoms. The molecule has 1 aliphatic carbocycles. The average Bonchev–Trinajstić information content (AvgIpc) is 2.42. The molecule has 2 rings (SSSR count). The van der Waals surface area contributed by atoms with Gasteiger partial charge in [0.1, 0.15) is 0 Å². The third kappa shape index (κ3) is 4.58. The maximum Gasteiger partial charge on any atom is 0.241 e. The summed E-state index contributed by atoms with van der Waals surface area (Å²) in [5.41, 5.74) is 6.25. The van der Waals surface area contributed by atoms with Crippen LogP contribution < -0.4 is 15.8 Å². The Morgan fingerprint density at radius 3 is 2.68 bits per heavy atom. The zero-order valence-electron chi connectivity index (χ0n) is 13.0. The van der Waals surface area contributed by atoms with Crippen molar-refractivity contribution in [3.8, 4) is 5.75 Å². The molecule has 0 heterocycles. The molecule has 1 amide bonds. The van der Waals surface area contributed by atoms with Crippen molar-refractivity contribution >= 4 is 24.0 Å². The molecule has 6 heteroatoms. The van der Waals surface area contributed by atoms with Crippen molar-refractivity contribution in [3.63, 3.8) is 0 Å². The highest BCUT2D eigenvalue weighted by Gasteiger charge is 2.22. The summed E-state index contributed by atoms with van der Waals surface area (Å²) in [6.45, 7) is 3.89. The van der Waals surface area contributed by atoms with Gasteiger partial charge in [-0.1, -0.05) is 20.3 Å². The fourth-order valence-corrected chi connectivity index (χ4v) is 2.08. The van der Waals surface area contributed by atoms with Crippen molar-refractivity contribution in [2.75, 3.05) is 5.32 Å². The van der Waals surface area contributed by atoms with Crippen LogP contribution in [-0.2, 0) is 4.79 Å². The van der Waals surface area contributed by atoms with E-state index in [2.05, 4.69) is 5.32 Å². The predicted molar refractivity (Wildman–Crippen MR) is 88.0 cm³/mol. The quantitative estimate of drug-likeness (QED) is 0.839. The Labute approximate surface area is 137 Å². The molecule has 124 valence electrons. The minimum atomic E-state index is -0.594. The van der Waals surface area contributed by atoms with E-state index < -0.39 is 11.9 Å². The zero-order chi connectivity index (χ0) is 15.4. The van der Waals surface area contributed by atoms with Gasteiger partial charge in [0.15, 0.2) is 11.6 Å². The van der Waals surface area contributed by atoms with E-state index in [1.54, 1.807) is 12.1 Å². The van der Waals surface area contributed by atoms with Gasteiger partial charge in [0.2, 0.25) is 5.91 Å². The Morgan fingerprint density at radius 2 is 2.18 bits per heavy atom. The van der Waals surface area contributed by atoms with Crippen LogP contribution in [0, 0.1) is 11.7 Å². The number of anilines is 1. The van der Waals surface area contributed by atoms with Gasteiger partial charge >= 0.3 is 0 Å². The lowest BCUT2D eigenvalue weighted by atomic mass is 9.96. The summed E-state index contributed by atoms with van der Waals surface area (Å²) < 4.78 is 19.5. The van der Waals surface area contributed by atoms with Crippen molar-refractivity contribution in [1.82, 2.24) is 0 Å². The van der Waals surface area contributed by atoms with E-state index in [0.29, 0.717) is 5.69 Å². The van der Waals surface area contributed by atoms with E-state index in [-0.39, 0.29) is 36.1 Å². The van der Waals surface area contributed by atoms with Gasteiger partial charge in [-0.3, -0.25) is 4.79 Å². The second kappa shape index (κ2) is 8.34. The van der Waals surface area contributed by atoms with E-state index in [0.717, 1.165) is 25.7 Å². The van der Waals surface area contributed by atoms with E-state index in [9.17, 15) is 9.18 Å². The van der Waals surface area contributed by atoms with E-state index in [4.69, 9.17) is 10.5 Å². The van der Waals surface area contributed by atoms with Crippen molar-refractivity contribution in [2.45, 2.75) is 51.7 Å². The molecular formula is C16H24ClFN2O2. The lowest BCUT2D eigenvalue weighted by Crippen LogP contribution is -2.40. The normalized spacial score (nSPS) is 16.9. The number of nitrogens with two attached hydrogens (primary N) is 1. The van der Waals surface area contributed by atoms with E-state index >= 15 is 0 Å². The molecule has 0 radical (unpaired) electrons. The Kier molecular flexibility index (Phi) is 7.10. The molecule has 22 heavy (non-hydrogen) atoms. The van der Waals surface area contributed by atoms with Gasteiger partial charge in [0.05, 0.1) is 12.1 Å². The van der Waals surface area contributed by atoms with Crippen molar-refractivity contribution in [1.29, 1.82) is 0 Å². The Balaban J connectivity index is 0.00000242. The summed E-state index contributed by atoms with van der Waals surface area (Å²) in [5, 5.41) is 2.65. The Bertz CT molecular complexity index is 509. The third-order valence-corrected chi connectivity index (χ3v) is 4.11. The molecule has 1 aliphatic rings. The van der Waals surface area contributed by atoms with Crippen LogP contribution in [0.5, 0.6) is 5.75 Å². The molecule has 0 spiro atoms. The number of benzene rings is 1. The van der Waals surface area contributed by atoms with Gasteiger partial charge < -0.3 is 15.8 Å². The monoisotopic (exact) mass is 330 g/mol. The molecule has 2 unspecified atom stereocenters. The van der Waals surface area contributed by atoms with Gasteiger partial charge in [-0.15, -0.1) is 12.4 Å². The van der Waals surface area contributed by atoms with Crippen LogP contribution in [0.1, 0.15) is 39.5 Å². The van der Waals surface area contributed by atoms with Gasteiger partial charge in [-0.05, 0) is 37.3 Å². The number of amides is 1. The summed E-state index contributed by atoms with van der Waals surface area (Å²) in [7, 11) is 0. The maximum atomic E-state index is 13.9. The fraction of sp³-hybridized carbons (Fsp3) is 0.562. The number of rotatable bonds is 6. The summed E-state index contributed by atoms with van der Waals surface area (Å²) >= 11 is 0. The lowest BCUT2D eigenvalue weighted by Gasteiger charge is -2.26. The van der Waals surface area contributed by atoms with Crippen LogP contribution in [0.2, 0.25) is 0 Å². The summed E-state index contributed by atoms with van der Waals surface area (Å²) in [5.74, 6) is -0.437. The molecular weight excluding hydrogens is 307 g/mol. The van der Waals surface area contributed by atoms with Crippen LogP contribution in [0.4, 0.5) is 10.1 Å². The first kappa shape index (κ1) is 18.7. The molecule has 1 aromatic carbocycles. The first-order valence-electron chi connectivity index (χ1n) is 7.54. The van der Waals surface area contributed by atoms with Gasteiger partial charge in [0, 0.05) is 11.8 Å². The zero-order valence-corrected chi connectivity index (χ0v) is 13.8. The van der Waals surface area contributed by atoms with Crippen LogP contribution in [0.15, 0.2) is 18.2 Å². The standard InChI is InChI=1S/C16H23FN2O2.ClH/c1-3-10(2)15(18)16(20)19-11-7-8-14(13(17)9-11)21-12-5-4-6-12;/h7-10,12,15H,3-6,18H2,1-2H3,(H,19,20);1H. The minimum absolute atomic E-state index is 0. The van der Waals surface area contributed by atoms with Gasteiger partial charge in [-0.25, -0.2) is 4.39 Å². The largest absolute Gasteiger partial charge is 0.487 e. The highest BCUT2D eigenvalue weighted by Crippen LogP contribution is 2.28. The number of carbonyl (C=O) groups is 1. The van der Waals surface area contributed by atoms with Crippen LogP contribution in [-0.4, -0.2) is 18.1 Å². The fourth-order valence-electron chi connectivity index (χ4n) is 2.08. The number of carbonyl (C=O) groups excluding carboxylic acids is 1. The molecule has 2 atom stereocenters. The smallest absolute Gasteiger partial charge is 0.241 e. The van der Waals surface area contributed by atoms with Crippen LogP contribution in [0.3, 0.4) is 0 Å². The summed E-state index contributed by atoms with van der Waals surface area (Å²) in [6.07, 6.45) is 4.02. The molecule has 1 aromatic rings. The highest BCUT2D eigenvalue weighted by molar-refractivity contribution is 5.94. The summed E-state index contributed by atoms with van der Waals surface area (Å²) in [4.78, 5) is 12.0. The first-order chi connectivity index (χ1) is 10.0. The summed E-state index contributed by atoms with van der Waals surface area (Å²) in [6, 6.07) is 3.87. The number of ether oxygens (including phenoxy) is 1. The van der Waals surface area contributed by atoms with E-state index in [1.165, 1.54) is 6.07 Å². The average molecular weight is 331 g/mol. The van der Waals surface area contributed by atoms with Crippen molar-refractivity contribution in [2.24, 2.45) is 11.7 Å². The molecule has 0 saturated heterocycles. The second-order valence-corrected chi connectivity index (χ2v) is 5.72. The predicted octanol–water partition coefficient (Wildman–Crippen LogP) is 3.49. The number of hydrogen-bond donors (Lipinski definition) is 2. The highest BCUT2D eigenvalue weighted by atomic mass is 35.5. The number of nitrogens with one attached hydrogen (secondary N) is 1. The SMILES string of the molecule is CCC(C)C(N)C(=O)Nc1ccc(OC2CCC2)c(F)c1.Cl.